The summed E-state index contributed by atoms with van der Waals surface area (Å²) in [5.74, 6) is 1.25. The summed E-state index contributed by atoms with van der Waals surface area (Å²) in [5.41, 5.74) is 1.68. The van der Waals surface area contributed by atoms with Crippen LogP contribution in [0.2, 0.25) is 0 Å². The van der Waals surface area contributed by atoms with Crippen molar-refractivity contribution in [3.63, 3.8) is 0 Å². The lowest BCUT2D eigenvalue weighted by atomic mass is 10.2. The maximum Gasteiger partial charge on any atom is 0.266 e. The molecular weight excluding hydrogens is 412 g/mol. The summed E-state index contributed by atoms with van der Waals surface area (Å²) >= 11 is 1.38. The highest BCUT2D eigenvalue weighted by Gasteiger charge is 2.33. The molecule has 0 radical (unpaired) electrons. The van der Waals surface area contributed by atoms with Crippen LogP contribution in [0.25, 0.3) is 6.08 Å². The van der Waals surface area contributed by atoms with Crippen molar-refractivity contribution in [1.29, 1.82) is 0 Å². The molecule has 2 aromatic carbocycles. The van der Waals surface area contributed by atoms with Crippen LogP contribution in [0.1, 0.15) is 25.8 Å². The molecule has 1 amide bonds. The number of rotatable bonds is 9. The highest BCUT2D eigenvalue weighted by atomic mass is 32.2. The predicted octanol–water partition coefficient (Wildman–Crippen LogP) is 5.12. The van der Waals surface area contributed by atoms with E-state index in [0.717, 1.165) is 17.7 Å². The molecule has 0 unspecified atom stereocenters. The third-order valence-corrected chi connectivity index (χ3v) is 5.45. The van der Waals surface area contributed by atoms with E-state index in [4.69, 9.17) is 19.2 Å². The van der Waals surface area contributed by atoms with E-state index in [1.807, 2.05) is 68.5 Å². The highest BCUT2D eigenvalue weighted by Crippen LogP contribution is 2.36. The molecule has 0 spiro atoms. The summed E-state index contributed by atoms with van der Waals surface area (Å²) in [6.07, 6.45) is 2.65. The fraction of sp³-hybridized carbons (Fsp3) is 0.333. The predicted molar refractivity (Wildman–Crippen MR) is 126 cm³/mol. The normalized spacial score (nSPS) is 16.5. The number of nitrogens with zero attached hydrogens (tertiary/aromatic N) is 2. The Bertz CT molecular complexity index is 957. The van der Waals surface area contributed by atoms with Crippen LogP contribution in [-0.2, 0) is 9.53 Å². The van der Waals surface area contributed by atoms with Gasteiger partial charge in [0.1, 0.15) is 0 Å². The molecule has 7 heteroatoms. The number of para-hydroxylation sites is 1. The molecule has 3 rings (SSSR count). The van der Waals surface area contributed by atoms with Crippen LogP contribution < -0.4 is 9.47 Å². The van der Waals surface area contributed by atoms with Crippen LogP contribution in [0.15, 0.2) is 58.4 Å². The lowest BCUT2D eigenvalue weighted by Gasteiger charge is -2.15. The molecule has 1 heterocycles. The minimum atomic E-state index is -0.0581. The van der Waals surface area contributed by atoms with E-state index in [2.05, 4.69) is 0 Å². The van der Waals surface area contributed by atoms with Gasteiger partial charge in [0.2, 0.25) is 0 Å². The first-order chi connectivity index (χ1) is 15.0. The number of hydrogen-bond acceptors (Lipinski definition) is 6. The maximum absolute atomic E-state index is 13.1. The highest BCUT2D eigenvalue weighted by molar-refractivity contribution is 8.18. The fourth-order valence-corrected chi connectivity index (χ4v) is 4.07. The molecule has 2 aromatic rings. The van der Waals surface area contributed by atoms with Gasteiger partial charge in [-0.05, 0) is 67.9 Å². The molecule has 31 heavy (non-hydrogen) atoms. The molecule has 1 aliphatic rings. The molecule has 164 valence electrons. The second-order valence-electron chi connectivity index (χ2n) is 7.22. The van der Waals surface area contributed by atoms with Crippen molar-refractivity contribution in [3.8, 4) is 11.5 Å². The average Bonchev–Trinajstić information content (AvgIpc) is 3.04. The summed E-state index contributed by atoms with van der Waals surface area (Å²) in [7, 11) is 3.27. The van der Waals surface area contributed by atoms with Crippen LogP contribution in [-0.4, -0.2) is 49.4 Å². The van der Waals surface area contributed by atoms with Gasteiger partial charge >= 0.3 is 0 Å². The maximum atomic E-state index is 13.1. The summed E-state index contributed by atoms with van der Waals surface area (Å²) in [6.45, 7) is 5.07. The van der Waals surface area contributed by atoms with Crippen LogP contribution >= 0.6 is 11.8 Å². The van der Waals surface area contributed by atoms with E-state index < -0.39 is 0 Å². The van der Waals surface area contributed by atoms with Gasteiger partial charge in [-0.1, -0.05) is 24.3 Å². The van der Waals surface area contributed by atoms with Gasteiger partial charge in [-0.25, -0.2) is 4.99 Å². The zero-order valence-electron chi connectivity index (χ0n) is 18.3. The van der Waals surface area contributed by atoms with E-state index >= 15 is 0 Å². The van der Waals surface area contributed by atoms with E-state index in [1.165, 1.54) is 11.8 Å². The molecule has 0 N–H and O–H groups in total. The Balaban J connectivity index is 1.89. The van der Waals surface area contributed by atoms with Crippen molar-refractivity contribution in [2.75, 3.05) is 27.4 Å². The number of carbonyl (C=O) groups is 1. The van der Waals surface area contributed by atoms with Crippen molar-refractivity contribution in [1.82, 2.24) is 4.90 Å². The minimum Gasteiger partial charge on any atom is -0.493 e. The number of hydrogen-bond donors (Lipinski definition) is 0. The third kappa shape index (κ3) is 6.12. The lowest BCUT2D eigenvalue weighted by Crippen LogP contribution is -2.30. The van der Waals surface area contributed by atoms with E-state index in [1.54, 1.807) is 19.1 Å². The fourth-order valence-electron chi connectivity index (χ4n) is 3.05. The Labute approximate surface area is 187 Å². The van der Waals surface area contributed by atoms with Gasteiger partial charge in [-0.3, -0.25) is 9.69 Å². The zero-order chi connectivity index (χ0) is 22.2. The first-order valence-corrected chi connectivity index (χ1v) is 11.0. The monoisotopic (exact) mass is 440 g/mol. The summed E-state index contributed by atoms with van der Waals surface area (Å²) in [5, 5.41) is 0.672. The molecule has 1 aliphatic heterocycles. The van der Waals surface area contributed by atoms with Crippen molar-refractivity contribution < 1.29 is 19.0 Å². The van der Waals surface area contributed by atoms with Crippen molar-refractivity contribution >= 4 is 34.6 Å². The van der Waals surface area contributed by atoms with E-state index in [0.29, 0.717) is 34.7 Å². The molecule has 0 atom stereocenters. The molecule has 0 aromatic heterocycles. The standard InChI is InChI=1S/C24H28N2O4S/c1-17(2)30-20-12-11-18(15-21(20)29-4)16-22-23(27)26(13-8-14-28-3)24(31-22)25-19-9-6-5-7-10-19/h5-7,9-12,15-17H,8,13-14H2,1-4H3/b22-16-,25-24?. The summed E-state index contributed by atoms with van der Waals surface area (Å²) in [4.78, 5) is 20.2. The van der Waals surface area contributed by atoms with Gasteiger partial charge in [0.05, 0.1) is 23.8 Å². The Kier molecular flexibility index (Phi) is 8.14. The Morgan fingerprint density at radius 3 is 2.55 bits per heavy atom. The van der Waals surface area contributed by atoms with Crippen molar-refractivity contribution in [3.05, 3.63) is 59.0 Å². The number of ether oxygens (including phenoxy) is 3. The Hall–Kier alpha value is -2.77. The molecule has 0 aliphatic carbocycles. The average molecular weight is 441 g/mol. The first-order valence-electron chi connectivity index (χ1n) is 10.2. The zero-order valence-corrected chi connectivity index (χ0v) is 19.1. The van der Waals surface area contributed by atoms with E-state index in [9.17, 15) is 4.79 Å². The van der Waals surface area contributed by atoms with Crippen LogP contribution in [0.5, 0.6) is 11.5 Å². The number of methoxy groups -OCH3 is 2. The second kappa shape index (κ2) is 11.0. The first kappa shape index (κ1) is 22.9. The smallest absolute Gasteiger partial charge is 0.266 e. The van der Waals surface area contributed by atoms with Gasteiger partial charge in [-0.2, -0.15) is 0 Å². The number of carbonyl (C=O) groups excluding carboxylic acids is 1. The van der Waals surface area contributed by atoms with Crippen LogP contribution in [0.3, 0.4) is 0 Å². The second-order valence-corrected chi connectivity index (χ2v) is 8.23. The number of aliphatic imine (C=N–C) groups is 1. The molecule has 1 fully saturated rings. The van der Waals surface area contributed by atoms with Gasteiger partial charge in [0, 0.05) is 20.3 Å². The van der Waals surface area contributed by atoms with Crippen LogP contribution in [0, 0.1) is 0 Å². The molecule has 1 saturated heterocycles. The molecule has 0 saturated carbocycles. The van der Waals surface area contributed by atoms with Crippen LogP contribution in [0.4, 0.5) is 5.69 Å². The minimum absolute atomic E-state index is 0.0440. The van der Waals surface area contributed by atoms with E-state index in [-0.39, 0.29) is 12.0 Å². The Morgan fingerprint density at radius 1 is 1.10 bits per heavy atom. The third-order valence-electron chi connectivity index (χ3n) is 4.45. The molecule has 6 nitrogen and oxygen atoms in total. The van der Waals surface area contributed by atoms with Crippen molar-refractivity contribution in [2.24, 2.45) is 4.99 Å². The lowest BCUT2D eigenvalue weighted by molar-refractivity contribution is -0.122. The number of benzene rings is 2. The number of amides is 1. The summed E-state index contributed by atoms with van der Waals surface area (Å²) in [6, 6.07) is 15.3. The van der Waals surface area contributed by atoms with Gasteiger partial charge in [-0.15, -0.1) is 0 Å². The van der Waals surface area contributed by atoms with Gasteiger partial charge < -0.3 is 14.2 Å². The topological polar surface area (TPSA) is 60.4 Å². The molecular formula is C24H28N2O4S. The van der Waals surface area contributed by atoms with Gasteiger partial charge in [0.25, 0.3) is 5.91 Å². The van der Waals surface area contributed by atoms with Gasteiger partial charge in [0.15, 0.2) is 16.7 Å². The largest absolute Gasteiger partial charge is 0.493 e. The molecule has 0 bridgehead atoms. The number of amidine groups is 1. The summed E-state index contributed by atoms with van der Waals surface area (Å²) < 4.78 is 16.4. The number of thioether (sulfide) groups is 1. The Morgan fingerprint density at radius 2 is 1.87 bits per heavy atom. The van der Waals surface area contributed by atoms with Crippen molar-refractivity contribution in [2.45, 2.75) is 26.4 Å². The SMILES string of the molecule is COCCCN1C(=O)/C(=C/c2ccc(OC(C)C)c(OC)c2)SC1=Nc1ccccc1. The quantitative estimate of drug-likeness (QED) is 0.400.